The lowest BCUT2D eigenvalue weighted by Gasteiger charge is -2.26. The number of benzene rings is 2. The first-order valence-corrected chi connectivity index (χ1v) is 14.1. The molecule has 1 saturated carbocycles. The highest BCUT2D eigenvalue weighted by Crippen LogP contribution is 2.46. The molecule has 2 aromatic carbocycles. The molecule has 2 atom stereocenters. The summed E-state index contributed by atoms with van der Waals surface area (Å²) in [6.45, 7) is 3.24. The predicted molar refractivity (Wildman–Crippen MR) is 156 cm³/mol. The van der Waals surface area contributed by atoms with Crippen LogP contribution in [0.2, 0.25) is 0 Å². The van der Waals surface area contributed by atoms with Gasteiger partial charge in [-0.3, -0.25) is 9.59 Å². The van der Waals surface area contributed by atoms with Gasteiger partial charge in [0, 0.05) is 35.5 Å². The van der Waals surface area contributed by atoms with Gasteiger partial charge < -0.3 is 20.3 Å². The number of halogens is 1. The highest BCUT2D eigenvalue weighted by atomic mass is 19.1. The molecule has 4 aromatic rings. The SMILES string of the molecule is C[C@](O)(CCC(=O)c1ccc(-c2ncccn2)c(OC2CC2)c1)c1cc2c(c(-c3ccc(F)cc3)n1)OC[C@]2(C)C(N)=O. The third-order valence-electron chi connectivity index (χ3n) is 8.05. The van der Waals surface area contributed by atoms with Gasteiger partial charge >= 0.3 is 0 Å². The van der Waals surface area contributed by atoms with Crippen LogP contribution in [0, 0.1) is 5.82 Å². The first-order chi connectivity index (χ1) is 20.5. The molecule has 1 aliphatic carbocycles. The number of nitrogens with zero attached hydrogens (tertiary/aromatic N) is 3. The van der Waals surface area contributed by atoms with Crippen molar-refractivity contribution in [3.63, 3.8) is 0 Å². The molecule has 2 aromatic heterocycles. The number of fused-ring (bicyclic) bond motifs is 1. The van der Waals surface area contributed by atoms with Crippen molar-refractivity contribution in [1.82, 2.24) is 15.0 Å². The molecule has 1 fully saturated rings. The van der Waals surface area contributed by atoms with Gasteiger partial charge in [0.1, 0.15) is 40.6 Å². The fourth-order valence-corrected chi connectivity index (χ4v) is 5.08. The summed E-state index contributed by atoms with van der Waals surface area (Å²) in [5.41, 5.74) is 5.80. The number of ketones is 1. The molecule has 2 aliphatic rings. The van der Waals surface area contributed by atoms with Crippen molar-refractivity contribution >= 4 is 11.7 Å². The summed E-state index contributed by atoms with van der Waals surface area (Å²) in [4.78, 5) is 39.2. The molecule has 3 N–H and O–H groups in total. The highest BCUT2D eigenvalue weighted by molar-refractivity contribution is 5.97. The fraction of sp³-hybridized carbons (Fsp3) is 0.303. The van der Waals surface area contributed by atoms with E-state index in [2.05, 4.69) is 9.97 Å². The van der Waals surface area contributed by atoms with Crippen LogP contribution in [0.5, 0.6) is 11.5 Å². The number of primary amides is 1. The largest absolute Gasteiger partial charge is 0.490 e. The summed E-state index contributed by atoms with van der Waals surface area (Å²) in [5, 5.41) is 11.6. The Morgan fingerprint density at radius 2 is 1.86 bits per heavy atom. The van der Waals surface area contributed by atoms with Gasteiger partial charge in [-0.05, 0) is 81.6 Å². The van der Waals surface area contributed by atoms with Crippen LogP contribution in [-0.4, -0.2) is 44.5 Å². The maximum atomic E-state index is 13.7. The van der Waals surface area contributed by atoms with Crippen LogP contribution >= 0.6 is 0 Å². The van der Waals surface area contributed by atoms with E-state index in [1.807, 2.05) is 0 Å². The number of hydrogen-bond donors (Lipinski definition) is 2. The molecule has 0 radical (unpaired) electrons. The molecule has 3 heterocycles. The molecule has 10 heteroatoms. The molecule has 43 heavy (non-hydrogen) atoms. The average molecular weight is 583 g/mol. The molecular weight excluding hydrogens is 551 g/mol. The predicted octanol–water partition coefficient (Wildman–Crippen LogP) is 4.89. The van der Waals surface area contributed by atoms with Gasteiger partial charge in [-0.15, -0.1) is 0 Å². The number of hydrogen-bond acceptors (Lipinski definition) is 8. The number of amides is 1. The zero-order valence-electron chi connectivity index (χ0n) is 23.8. The third-order valence-corrected chi connectivity index (χ3v) is 8.05. The quantitative estimate of drug-likeness (QED) is 0.252. The van der Waals surface area contributed by atoms with Gasteiger partial charge in [-0.25, -0.2) is 19.3 Å². The Morgan fingerprint density at radius 1 is 1.14 bits per heavy atom. The summed E-state index contributed by atoms with van der Waals surface area (Å²) in [6, 6.07) is 14.2. The van der Waals surface area contributed by atoms with Gasteiger partial charge in [0.2, 0.25) is 5.91 Å². The van der Waals surface area contributed by atoms with Crippen LogP contribution in [0.15, 0.2) is 67.0 Å². The first kappa shape index (κ1) is 28.4. The molecular formula is C33H31FN4O5. The van der Waals surface area contributed by atoms with E-state index in [0.717, 1.165) is 12.8 Å². The van der Waals surface area contributed by atoms with Crippen molar-refractivity contribution in [2.75, 3.05) is 6.61 Å². The van der Waals surface area contributed by atoms with Crippen molar-refractivity contribution in [2.24, 2.45) is 5.73 Å². The Balaban J connectivity index is 1.29. The van der Waals surface area contributed by atoms with Crippen molar-refractivity contribution < 1.29 is 28.6 Å². The summed E-state index contributed by atoms with van der Waals surface area (Å²) in [6.07, 6.45) is 5.34. The minimum atomic E-state index is -1.56. The lowest BCUT2D eigenvalue weighted by molar-refractivity contribution is -0.123. The second kappa shape index (κ2) is 10.9. The second-order valence-corrected chi connectivity index (χ2v) is 11.5. The van der Waals surface area contributed by atoms with Gasteiger partial charge in [-0.2, -0.15) is 0 Å². The standard InChI is InChI=1S/C33H31FN4O5/c1-32(31(35)40)18-42-29-24(32)17-27(38-28(29)19-4-7-21(34)8-5-19)33(2,41)13-12-25(39)20-6-11-23(30-36-14-3-15-37-30)26(16-20)43-22-9-10-22/h3-8,11,14-17,22,41H,9-10,12-13,18H2,1-2H3,(H2,35,40)/t32-,33-/m0/s1. The van der Waals surface area contributed by atoms with Crippen LogP contribution in [-0.2, 0) is 15.8 Å². The number of carbonyl (C=O) groups excluding carboxylic acids is 2. The molecule has 1 amide bonds. The number of rotatable bonds is 10. The molecule has 1 aliphatic heterocycles. The highest BCUT2D eigenvalue weighted by Gasteiger charge is 2.45. The van der Waals surface area contributed by atoms with Crippen molar-refractivity contribution in [3.8, 4) is 34.1 Å². The molecule has 0 bridgehead atoms. The summed E-state index contributed by atoms with van der Waals surface area (Å²) >= 11 is 0. The van der Waals surface area contributed by atoms with Crippen LogP contribution in [0.3, 0.4) is 0 Å². The number of aromatic nitrogens is 3. The zero-order chi connectivity index (χ0) is 30.4. The summed E-state index contributed by atoms with van der Waals surface area (Å²) in [5.74, 6) is 0.214. The molecule has 9 nitrogen and oxygen atoms in total. The van der Waals surface area contributed by atoms with E-state index in [0.29, 0.717) is 45.3 Å². The number of aliphatic hydroxyl groups is 1. The van der Waals surface area contributed by atoms with E-state index in [-0.39, 0.29) is 37.0 Å². The van der Waals surface area contributed by atoms with E-state index in [4.69, 9.17) is 20.2 Å². The average Bonchev–Trinajstić information content (AvgIpc) is 3.76. The van der Waals surface area contributed by atoms with E-state index in [9.17, 15) is 19.1 Å². The minimum Gasteiger partial charge on any atom is -0.490 e. The monoisotopic (exact) mass is 582 g/mol. The summed E-state index contributed by atoms with van der Waals surface area (Å²) < 4.78 is 25.7. The Bertz CT molecular complexity index is 1710. The Morgan fingerprint density at radius 3 is 2.53 bits per heavy atom. The summed E-state index contributed by atoms with van der Waals surface area (Å²) in [7, 11) is 0. The molecule has 220 valence electrons. The Kier molecular flexibility index (Phi) is 7.17. The smallest absolute Gasteiger partial charge is 0.231 e. The normalized spacial score (nSPS) is 18.8. The number of ether oxygens (including phenoxy) is 2. The van der Waals surface area contributed by atoms with Crippen LogP contribution in [0.4, 0.5) is 4.39 Å². The maximum Gasteiger partial charge on any atom is 0.231 e. The number of pyridine rings is 1. The molecule has 0 saturated heterocycles. The maximum absolute atomic E-state index is 13.7. The first-order valence-electron chi connectivity index (χ1n) is 14.1. The van der Waals surface area contributed by atoms with Gasteiger partial charge in [0.15, 0.2) is 11.6 Å². The minimum absolute atomic E-state index is 0.00524. The zero-order valence-corrected chi connectivity index (χ0v) is 23.8. The topological polar surface area (TPSA) is 138 Å². The Hall–Kier alpha value is -4.70. The number of carbonyl (C=O) groups is 2. The van der Waals surface area contributed by atoms with Gasteiger partial charge in [-0.1, -0.05) is 6.07 Å². The molecule has 0 spiro atoms. The van der Waals surface area contributed by atoms with E-state index < -0.39 is 22.7 Å². The van der Waals surface area contributed by atoms with Crippen LogP contribution in [0.1, 0.15) is 61.1 Å². The molecule has 0 unspecified atom stereocenters. The van der Waals surface area contributed by atoms with E-state index >= 15 is 0 Å². The second-order valence-electron chi connectivity index (χ2n) is 11.5. The van der Waals surface area contributed by atoms with Crippen molar-refractivity contribution in [1.29, 1.82) is 0 Å². The number of nitrogens with two attached hydrogens (primary N) is 1. The van der Waals surface area contributed by atoms with Crippen LogP contribution in [0.25, 0.3) is 22.6 Å². The van der Waals surface area contributed by atoms with E-state index in [1.165, 1.54) is 12.1 Å². The van der Waals surface area contributed by atoms with Crippen LogP contribution < -0.4 is 15.2 Å². The lowest BCUT2D eigenvalue weighted by Crippen LogP contribution is -2.40. The fourth-order valence-electron chi connectivity index (χ4n) is 5.08. The third kappa shape index (κ3) is 5.58. The van der Waals surface area contributed by atoms with Gasteiger partial charge in [0.25, 0.3) is 0 Å². The molecule has 6 rings (SSSR count). The van der Waals surface area contributed by atoms with Crippen molar-refractivity contribution in [3.05, 3.63) is 89.6 Å². The van der Waals surface area contributed by atoms with E-state index in [1.54, 1.807) is 68.7 Å². The van der Waals surface area contributed by atoms with Crippen molar-refractivity contribution in [2.45, 2.75) is 56.7 Å². The Labute approximate surface area is 247 Å². The van der Waals surface area contributed by atoms with Gasteiger partial charge in [0.05, 0.1) is 17.4 Å². The lowest BCUT2D eigenvalue weighted by atomic mass is 9.81. The number of Topliss-reactive ketones (excluding diaryl/α,β-unsaturated/α-hetero) is 1.